The molecule has 0 atom stereocenters. The molecule has 1 aliphatic rings. The molecule has 2 nitrogen and oxygen atoms in total. The lowest BCUT2D eigenvalue weighted by atomic mass is 9.90. The standard InChI is InChI=1S/C20H25NO.ClH/c22-20-8-6-17(7-9-20)10-13-21-14-11-19(12-15-21)16-18-4-2-1-3-5-18;/h1-9,19,22H,10-16H2;1H. The molecule has 0 amide bonds. The summed E-state index contributed by atoms with van der Waals surface area (Å²) in [7, 11) is 0. The van der Waals surface area contributed by atoms with E-state index in [2.05, 4.69) is 35.2 Å². The van der Waals surface area contributed by atoms with Gasteiger partial charge in [-0.2, -0.15) is 0 Å². The van der Waals surface area contributed by atoms with Crippen molar-refractivity contribution >= 4 is 12.4 Å². The second-order valence-electron chi connectivity index (χ2n) is 6.39. The van der Waals surface area contributed by atoms with Gasteiger partial charge >= 0.3 is 0 Å². The molecule has 0 spiro atoms. The van der Waals surface area contributed by atoms with Gasteiger partial charge in [-0.25, -0.2) is 0 Å². The van der Waals surface area contributed by atoms with Crippen molar-refractivity contribution in [2.45, 2.75) is 25.7 Å². The van der Waals surface area contributed by atoms with Crippen LogP contribution in [0.1, 0.15) is 24.0 Å². The molecule has 1 aliphatic heterocycles. The largest absolute Gasteiger partial charge is 0.508 e. The Labute approximate surface area is 145 Å². The maximum atomic E-state index is 9.31. The lowest BCUT2D eigenvalue weighted by Gasteiger charge is -2.32. The Balaban J connectivity index is 0.00000192. The lowest BCUT2D eigenvalue weighted by molar-refractivity contribution is 0.186. The number of hydrogen-bond acceptors (Lipinski definition) is 2. The van der Waals surface area contributed by atoms with Crippen molar-refractivity contribution in [2.75, 3.05) is 19.6 Å². The maximum Gasteiger partial charge on any atom is 0.115 e. The van der Waals surface area contributed by atoms with E-state index in [1.54, 1.807) is 12.1 Å². The summed E-state index contributed by atoms with van der Waals surface area (Å²) in [4.78, 5) is 2.58. The molecule has 2 aromatic carbocycles. The van der Waals surface area contributed by atoms with Crippen LogP contribution in [0.3, 0.4) is 0 Å². The number of aromatic hydroxyl groups is 1. The van der Waals surface area contributed by atoms with Crippen molar-refractivity contribution < 1.29 is 5.11 Å². The number of phenols is 1. The van der Waals surface area contributed by atoms with E-state index in [0.717, 1.165) is 18.9 Å². The van der Waals surface area contributed by atoms with E-state index < -0.39 is 0 Å². The molecule has 0 aliphatic carbocycles. The van der Waals surface area contributed by atoms with Gasteiger partial charge < -0.3 is 10.0 Å². The third kappa shape index (κ3) is 5.56. The van der Waals surface area contributed by atoms with Crippen LogP contribution in [0.2, 0.25) is 0 Å². The highest BCUT2D eigenvalue weighted by Gasteiger charge is 2.19. The molecule has 1 heterocycles. The highest BCUT2D eigenvalue weighted by molar-refractivity contribution is 5.85. The molecule has 0 unspecified atom stereocenters. The number of rotatable bonds is 5. The quantitative estimate of drug-likeness (QED) is 0.882. The third-order valence-corrected chi connectivity index (χ3v) is 4.73. The van der Waals surface area contributed by atoms with E-state index >= 15 is 0 Å². The second kappa shape index (κ2) is 8.95. The minimum Gasteiger partial charge on any atom is -0.508 e. The van der Waals surface area contributed by atoms with Crippen molar-refractivity contribution in [3.8, 4) is 5.75 Å². The fourth-order valence-corrected chi connectivity index (χ4v) is 3.31. The first-order valence-electron chi connectivity index (χ1n) is 8.34. The molecular formula is C20H26ClNO. The molecule has 3 rings (SSSR count). The van der Waals surface area contributed by atoms with E-state index in [1.165, 1.54) is 43.5 Å². The van der Waals surface area contributed by atoms with E-state index in [-0.39, 0.29) is 12.4 Å². The molecule has 2 aromatic rings. The van der Waals surface area contributed by atoms with Gasteiger partial charge in [0.2, 0.25) is 0 Å². The van der Waals surface area contributed by atoms with Gasteiger partial charge in [-0.1, -0.05) is 42.5 Å². The number of piperidine rings is 1. The Bertz CT molecular complexity index is 562. The number of hydrogen-bond donors (Lipinski definition) is 1. The zero-order valence-electron chi connectivity index (χ0n) is 13.5. The average molecular weight is 332 g/mol. The summed E-state index contributed by atoms with van der Waals surface area (Å²) in [6.45, 7) is 3.56. The Morgan fingerprint density at radius 2 is 1.52 bits per heavy atom. The summed E-state index contributed by atoms with van der Waals surface area (Å²) in [5.41, 5.74) is 2.79. The molecule has 124 valence electrons. The lowest BCUT2D eigenvalue weighted by Crippen LogP contribution is -2.35. The van der Waals surface area contributed by atoms with Crippen molar-refractivity contribution in [1.82, 2.24) is 4.90 Å². The van der Waals surface area contributed by atoms with Gasteiger partial charge in [0.15, 0.2) is 0 Å². The highest BCUT2D eigenvalue weighted by Crippen LogP contribution is 2.22. The predicted octanol–water partition coefficient (Wildman–Crippen LogP) is 4.31. The van der Waals surface area contributed by atoms with Crippen molar-refractivity contribution in [2.24, 2.45) is 5.92 Å². The number of nitrogens with zero attached hydrogens (tertiary/aromatic N) is 1. The molecule has 1 N–H and O–H groups in total. The van der Waals surface area contributed by atoms with Crippen LogP contribution in [-0.2, 0) is 12.8 Å². The average Bonchev–Trinajstić information content (AvgIpc) is 2.57. The molecule has 1 fully saturated rings. The Morgan fingerprint density at radius 1 is 0.870 bits per heavy atom. The van der Waals surface area contributed by atoms with Gasteiger partial charge in [-0.15, -0.1) is 12.4 Å². The number of phenolic OH excluding ortho intramolecular Hbond substituents is 1. The summed E-state index contributed by atoms with van der Waals surface area (Å²) in [5.74, 6) is 1.19. The van der Waals surface area contributed by atoms with Crippen molar-refractivity contribution in [3.05, 3.63) is 65.7 Å². The van der Waals surface area contributed by atoms with Crippen LogP contribution >= 0.6 is 12.4 Å². The molecule has 23 heavy (non-hydrogen) atoms. The second-order valence-corrected chi connectivity index (χ2v) is 6.39. The fraction of sp³-hybridized carbons (Fsp3) is 0.400. The van der Waals surface area contributed by atoms with Crippen LogP contribution < -0.4 is 0 Å². The molecule has 3 heteroatoms. The van der Waals surface area contributed by atoms with Crippen molar-refractivity contribution in [3.63, 3.8) is 0 Å². The van der Waals surface area contributed by atoms with Gasteiger partial charge in [-0.3, -0.25) is 0 Å². The predicted molar refractivity (Wildman–Crippen MR) is 98.4 cm³/mol. The SMILES string of the molecule is Cl.Oc1ccc(CCN2CCC(Cc3ccccc3)CC2)cc1. The van der Waals surface area contributed by atoms with Crippen LogP contribution in [0.15, 0.2) is 54.6 Å². The van der Waals surface area contributed by atoms with E-state index in [0.29, 0.717) is 5.75 Å². The minimum absolute atomic E-state index is 0. The highest BCUT2D eigenvalue weighted by atomic mass is 35.5. The Kier molecular flexibility index (Phi) is 6.94. The van der Waals surface area contributed by atoms with E-state index in [1.807, 2.05) is 12.1 Å². The Hall–Kier alpha value is -1.51. The monoisotopic (exact) mass is 331 g/mol. The number of likely N-dealkylation sites (tertiary alicyclic amines) is 1. The summed E-state index contributed by atoms with van der Waals surface area (Å²) in [5, 5.41) is 9.31. The van der Waals surface area contributed by atoms with E-state index in [4.69, 9.17) is 0 Å². The number of halogens is 1. The van der Waals surface area contributed by atoms with Gasteiger partial charge in [0.25, 0.3) is 0 Å². The maximum absolute atomic E-state index is 9.31. The summed E-state index contributed by atoms with van der Waals surface area (Å²) >= 11 is 0. The summed E-state index contributed by atoms with van der Waals surface area (Å²) in [6.07, 6.45) is 4.92. The van der Waals surface area contributed by atoms with Crippen LogP contribution in [0.25, 0.3) is 0 Å². The first-order chi connectivity index (χ1) is 10.8. The van der Waals surface area contributed by atoms with Crippen molar-refractivity contribution in [1.29, 1.82) is 0 Å². The molecule has 0 aromatic heterocycles. The van der Waals surface area contributed by atoms with Gasteiger partial charge in [-0.05, 0) is 68.0 Å². The Morgan fingerprint density at radius 3 is 2.17 bits per heavy atom. The smallest absolute Gasteiger partial charge is 0.115 e. The van der Waals surface area contributed by atoms with E-state index in [9.17, 15) is 5.11 Å². The van der Waals surface area contributed by atoms with Crippen LogP contribution in [0.5, 0.6) is 5.75 Å². The van der Waals surface area contributed by atoms with Gasteiger partial charge in [0, 0.05) is 6.54 Å². The molecule has 1 saturated heterocycles. The zero-order chi connectivity index (χ0) is 15.2. The van der Waals surface area contributed by atoms with Crippen LogP contribution in [0, 0.1) is 5.92 Å². The first-order valence-corrected chi connectivity index (χ1v) is 8.34. The molecular weight excluding hydrogens is 306 g/mol. The first kappa shape index (κ1) is 17.8. The number of benzene rings is 2. The van der Waals surface area contributed by atoms with Crippen LogP contribution in [0.4, 0.5) is 0 Å². The molecule has 0 bridgehead atoms. The normalized spacial score (nSPS) is 16.0. The minimum atomic E-state index is 0. The zero-order valence-corrected chi connectivity index (χ0v) is 14.3. The molecule has 0 radical (unpaired) electrons. The summed E-state index contributed by atoms with van der Waals surface area (Å²) < 4.78 is 0. The van der Waals surface area contributed by atoms with Gasteiger partial charge in [0.05, 0.1) is 0 Å². The summed E-state index contributed by atoms with van der Waals surface area (Å²) in [6, 6.07) is 18.5. The molecule has 0 saturated carbocycles. The van der Waals surface area contributed by atoms with Crippen LogP contribution in [-0.4, -0.2) is 29.6 Å². The van der Waals surface area contributed by atoms with Gasteiger partial charge in [0.1, 0.15) is 5.75 Å². The topological polar surface area (TPSA) is 23.5 Å². The fourth-order valence-electron chi connectivity index (χ4n) is 3.31. The third-order valence-electron chi connectivity index (χ3n) is 4.73.